The van der Waals surface area contributed by atoms with E-state index in [1.165, 1.54) is 31.2 Å². The fourth-order valence-electron chi connectivity index (χ4n) is 3.35. The third-order valence-electron chi connectivity index (χ3n) is 5.07. The van der Waals surface area contributed by atoms with Crippen molar-refractivity contribution < 1.29 is 8.42 Å². The third-order valence-corrected chi connectivity index (χ3v) is 6.47. The first-order chi connectivity index (χ1) is 9.59. The van der Waals surface area contributed by atoms with Gasteiger partial charge in [0.1, 0.15) is 0 Å². The SMILES string of the molecule is O=S(=O)(NCC1(C2CC2)CC1)c1ccc2c(c1)CNC2. The summed E-state index contributed by atoms with van der Waals surface area (Å²) in [6.07, 6.45) is 4.95. The van der Waals surface area contributed by atoms with Gasteiger partial charge in [-0.25, -0.2) is 13.1 Å². The van der Waals surface area contributed by atoms with Crippen molar-refractivity contribution >= 4 is 10.0 Å². The first-order valence-electron chi connectivity index (χ1n) is 7.41. The van der Waals surface area contributed by atoms with Crippen molar-refractivity contribution in [2.24, 2.45) is 11.3 Å². The Morgan fingerprint density at radius 3 is 2.65 bits per heavy atom. The summed E-state index contributed by atoms with van der Waals surface area (Å²) >= 11 is 0. The molecule has 4 rings (SSSR count). The van der Waals surface area contributed by atoms with Crippen molar-refractivity contribution in [2.75, 3.05) is 6.54 Å². The van der Waals surface area contributed by atoms with E-state index in [1.54, 1.807) is 6.07 Å². The summed E-state index contributed by atoms with van der Waals surface area (Å²) in [5.41, 5.74) is 2.61. The van der Waals surface area contributed by atoms with Crippen LogP contribution in [0.25, 0.3) is 0 Å². The van der Waals surface area contributed by atoms with Crippen LogP contribution < -0.4 is 10.0 Å². The number of hydrogen-bond acceptors (Lipinski definition) is 3. The lowest BCUT2D eigenvalue weighted by atomic mass is 10.0. The Morgan fingerprint density at radius 1 is 1.20 bits per heavy atom. The maximum Gasteiger partial charge on any atom is 0.240 e. The molecule has 5 heteroatoms. The molecule has 0 atom stereocenters. The largest absolute Gasteiger partial charge is 0.309 e. The van der Waals surface area contributed by atoms with Gasteiger partial charge in [-0.3, -0.25) is 0 Å². The van der Waals surface area contributed by atoms with Crippen LogP contribution in [0, 0.1) is 11.3 Å². The van der Waals surface area contributed by atoms with E-state index in [2.05, 4.69) is 10.0 Å². The highest BCUT2D eigenvalue weighted by Crippen LogP contribution is 2.60. The average Bonchev–Trinajstić information content (AvgIpc) is 3.33. The highest BCUT2D eigenvalue weighted by Gasteiger charge is 2.53. The van der Waals surface area contributed by atoms with Gasteiger partial charge in [-0.15, -0.1) is 0 Å². The van der Waals surface area contributed by atoms with Gasteiger partial charge in [0.05, 0.1) is 4.90 Å². The van der Waals surface area contributed by atoms with Gasteiger partial charge in [0, 0.05) is 19.6 Å². The number of nitrogens with one attached hydrogen (secondary N) is 2. The molecular weight excluding hydrogens is 272 g/mol. The summed E-state index contributed by atoms with van der Waals surface area (Å²) in [7, 11) is -3.36. The molecule has 4 nitrogen and oxygen atoms in total. The minimum absolute atomic E-state index is 0.297. The van der Waals surface area contributed by atoms with Crippen molar-refractivity contribution in [2.45, 2.75) is 43.7 Å². The average molecular weight is 292 g/mol. The zero-order valence-corrected chi connectivity index (χ0v) is 12.3. The predicted octanol–water partition coefficient (Wildman–Crippen LogP) is 1.76. The van der Waals surface area contributed by atoms with E-state index in [-0.39, 0.29) is 0 Å². The number of fused-ring (bicyclic) bond motifs is 1. The second-order valence-electron chi connectivity index (χ2n) is 6.50. The van der Waals surface area contributed by atoms with Crippen LogP contribution in [0.2, 0.25) is 0 Å². The van der Waals surface area contributed by atoms with Crippen molar-refractivity contribution in [1.29, 1.82) is 0 Å². The molecule has 2 aliphatic carbocycles. The Kier molecular flexibility index (Phi) is 2.75. The van der Waals surface area contributed by atoms with E-state index < -0.39 is 10.0 Å². The second kappa shape index (κ2) is 4.29. The summed E-state index contributed by atoms with van der Waals surface area (Å²) in [5, 5.41) is 3.24. The Bertz CT molecular complexity index is 646. The molecule has 0 radical (unpaired) electrons. The number of benzene rings is 1. The standard InChI is InChI=1S/C15H20N2O2S/c18-20(19,17-10-15(5-6-15)13-2-3-13)14-4-1-11-8-16-9-12(11)7-14/h1,4,7,13,16-17H,2-3,5-6,8-10H2. The molecule has 20 heavy (non-hydrogen) atoms. The number of sulfonamides is 1. The van der Waals surface area contributed by atoms with E-state index >= 15 is 0 Å². The molecule has 0 aromatic heterocycles. The van der Waals surface area contributed by atoms with Gasteiger partial charge in [-0.2, -0.15) is 0 Å². The van der Waals surface area contributed by atoms with E-state index in [9.17, 15) is 8.42 Å². The van der Waals surface area contributed by atoms with E-state index in [0.717, 1.165) is 24.6 Å². The first-order valence-corrected chi connectivity index (χ1v) is 8.90. The molecule has 2 saturated carbocycles. The molecule has 1 heterocycles. The molecule has 0 amide bonds. The topological polar surface area (TPSA) is 58.2 Å². The van der Waals surface area contributed by atoms with Crippen LogP contribution >= 0.6 is 0 Å². The smallest absolute Gasteiger partial charge is 0.240 e. The normalized spacial score (nSPS) is 23.6. The maximum absolute atomic E-state index is 12.4. The molecule has 108 valence electrons. The van der Waals surface area contributed by atoms with E-state index in [4.69, 9.17) is 0 Å². The van der Waals surface area contributed by atoms with Gasteiger partial charge >= 0.3 is 0 Å². The fraction of sp³-hybridized carbons (Fsp3) is 0.600. The highest BCUT2D eigenvalue weighted by molar-refractivity contribution is 7.89. The molecule has 1 aliphatic heterocycles. The minimum atomic E-state index is -3.36. The van der Waals surface area contributed by atoms with Gasteiger partial charge in [-0.05, 0) is 60.3 Å². The van der Waals surface area contributed by atoms with Crippen molar-refractivity contribution in [1.82, 2.24) is 10.0 Å². The number of hydrogen-bond donors (Lipinski definition) is 2. The predicted molar refractivity (Wildman–Crippen MR) is 76.6 cm³/mol. The molecular formula is C15H20N2O2S. The third kappa shape index (κ3) is 2.18. The number of rotatable bonds is 5. The van der Waals surface area contributed by atoms with Crippen LogP contribution in [0.5, 0.6) is 0 Å². The second-order valence-corrected chi connectivity index (χ2v) is 8.26. The van der Waals surface area contributed by atoms with Crippen LogP contribution in [0.15, 0.2) is 23.1 Å². The lowest BCUT2D eigenvalue weighted by molar-refractivity contribution is 0.432. The Balaban J connectivity index is 1.51. The summed E-state index contributed by atoms with van der Waals surface area (Å²) in [6.45, 7) is 2.23. The lowest BCUT2D eigenvalue weighted by Crippen LogP contribution is -2.31. The van der Waals surface area contributed by atoms with E-state index in [0.29, 0.717) is 16.9 Å². The van der Waals surface area contributed by atoms with E-state index in [1.807, 2.05) is 12.1 Å². The quantitative estimate of drug-likeness (QED) is 0.869. The van der Waals surface area contributed by atoms with Crippen LogP contribution in [0.3, 0.4) is 0 Å². The molecule has 0 saturated heterocycles. The Labute approximate surface area is 120 Å². The van der Waals surface area contributed by atoms with Gasteiger partial charge in [0.15, 0.2) is 0 Å². The lowest BCUT2D eigenvalue weighted by Gasteiger charge is -2.15. The van der Waals surface area contributed by atoms with Crippen molar-refractivity contribution in [3.05, 3.63) is 29.3 Å². The van der Waals surface area contributed by atoms with Crippen molar-refractivity contribution in [3.63, 3.8) is 0 Å². The summed E-state index contributed by atoms with van der Waals surface area (Å²) in [4.78, 5) is 0.409. The zero-order chi connectivity index (χ0) is 13.8. The van der Waals surface area contributed by atoms with Crippen LogP contribution in [0.1, 0.15) is 36.8 Å². The monoisotopic (exact) mass is 292 g/mol. The molecule has 0 unspecified atom stereocenters. The molecule has 2 fully saturated rings. The first kappa shape index (κ1) is 12.8. The summed E-state index contributed by atoms with van der Waals surface area (Å²) in [6, 6.07) is 5.47. The Morgan fingerprint density at radius 2 is 1.95 bits per heavy atom. The van der Waals surface area contributed by atoms with Crippen LogP contribution in [-0.2, 0) is 23.1 Å². The maximum atomic E-state index is 12.4. The van der Waals surface area contributed by atoms with Gasteiger partial charge < -0.3 is 5.32 Å². The molecule has 1 aromatic carbocycles. The minimum Gasteiger partial charge on any atom is -0.309 e. The summed E-state index contributed by atoms with van der Waals surface area (Å²) in [5.74, 6) is 0.773. The van der Waals surface area contributed by atoms with Crippen LogP contribution in [-0.4, -0.2) is 15.0 Å². The zero-order valence-electron chi connectivity index (χ0n) is 11.5. The van der Waals surface area contributed by atoms with Crippen LogP contribution in [0.4, 0.5) is 0 Å². The molecule has 3 aliphatic rings. The molecule has 0 bridgehead atoms. The van der Waals surface area contributed by atoms with Crippen molar-refractivity contribution in [3.8, 4) is 0 Å². The van der Waals surface area contributed by atoms with Gasteiger partial charge in [-0.1, -0.05) is 6.07 Å². The highest BCUT2D eigenvalue weighted by atomic mass is 32.2. The van der Waals surface area contributed by atoms with Gasteiger partial charge in [0.25, 0.3) is 0 Å². The summed E-state index contributed by atoms with van der Waals surface area (Å²) < 4.78 is 27.7. The Hall–Kier alpha value is -0.910. The fourth-order valence-corrected chi connectivity index (χ4v) is 4.53. The van der Waals surface area contributed by atoms with Gasteiger partial charge in [0.2, 0.25) is 10.0 Å². The molecule has 1 aromatic rings. The molecule has 2 N–H and O–H groups in total. The molecule has 0 spiro atoms.